The van der Waals surface area contributed by atoms with Crippen LogP contribution in [0.15, 0.2) is 16.9 Å². The van der Waals surface area contributed by atoms with E-state index in [4.69, 9.17) is 5.41 Å². The Hall–Kier alpha value is -1.91. The molecule has 0 aliphatic rings. The Morgan fingerprint density at radius 2 is 2.07 bits per heavy atom. The van der Waals surface area contributed by atoms with Crippen LogP contribution in [0.2, 0.25) is 0 Å². The van der Waals surface area contributed by atoms with Crippen LogP contribution in [-0.2, 0) is 0 Å². The summed E-state index contributed by atoms with van der Waals surface area (Å²) in [6.07, 6.45) is 0. The van der Waals surface area contributed by atoms with Crippen molar-refractivity contribution in [2.75, 3.05) is 0 Å². The van der Waals surface area contributed by atoms with Gasteiger partial charge in [-0.1, -0.05) is 13.8 Å². The van der Waals surface area contributed by atoms with Crippen LogP contribution in [-0.4, -0.2) is 15.0 Å². The smallest absolute Gasteiger partial charge is 0.261 e. The molecule has 0 unspecified atom stereocenters. The summed E-state index contributed by atoms with van der Waals surface area (Å²) in [6, 6.07) is 3.56. The minimum atomic E-state index is -0.281. The highest BCUT2D eigenvalue weighted by Crippen LogP contribution is 2.12. The Morgan fingerprint density at radius 1 is 1.33 bits per heavy atom. The first kappa shape index (κ1) is 9.64. The second-order valence-electron chi connectivity index (χ2n) is 3.74. The molecule has 0 atom stereocenters. The van der Waals surface area contributed by atoms with Gasteiger partial charge in [0.2, 0.25) is 5.62 Å². The zero-order valence-corrected chi connectivity index (χ0v) is 8.59. The van der Waals surface area contributed by atoms with Crippen molar-refractivity contribution in [3.05, 3.63) is 33.8 Å². The zero-order valence-electron chi connectivity index (χ0n) is 8.59. The van der Waals surface area contributed by atoms with Gasteiger partial charge in [0, 0.05) is 5.69 Å². The highest BCUT2D eigenvalue weighted by molar-refractivity contribution is 5.72. The van der Waals surface area contributed by atoms with Crippen molar-refractivity contribution < 1.29 is 0 Å². The number of fused-ring (bicyclic) bond motifs is 1. The van der Waals surface area contributed by atoms with Crippen molar-refractivity contribution in [2.24, 2.45) is 0 Å². The van der Waals surface area contributed by atoms with Gasteiger partial charge in [0.25, 0.3) is 5.56 Å². The highest BCUT2D eigenvalue weighted by Gasteiger charge is 2.04. The number of aromatic nitrogens is 3. The lowest BCUT2D eigenvalue weighted by atomic mass is 10.1. The standard InChI is InChI=1S/C10H12N4O/c1-5(2)7-4-3-6-8(12-7)13-10(11)14-9(6)15/h3-5H,1-2H3,(H3,11,12,13,14,15). The van der Waals surface area contributed by atoms with Crippen LogP contribution in [0.1, 0.15) is 25.5 Å². The van der Waals surface area contributed by atoms with Crippen LogP contribution in [0.5, 0.6) is 0 Å². The van der Waals surface area contributed by atoms with Crippen molar-refractivity contribution in [1.29, 1.82) is 5.41 Å². The van der Waals surface area contributed by atoms with Crippen molar-refractivity contribution in [2.45, 2.75) is 19.8 Å². The van der Waals surface area contributed by atoms with E-state index in [-0.39, 0.29) is 11.2 Å². The second kappa shape index (κ2) is 3.34. The van der Waals surface area contributed by atoms with Crippen LogP contribution in [0.25, 0.3) is 11.0 Å². The molecule has 15 heavy (non-hydrogen) atoms. The van der Waals surface area contributed by atoms with Crippen molar-refractivity contribution in [3.63, 3.8) is 0 Å². The van der Waals surface area contributed by atoms with E-state index in [2.05, 4.69) is 15.0 Å². The summed E-state index contributed by atoms with van der Waals surface area (Å²) in [5.74, 6) is 0.302. The molecule has 0 spiro atoms. The molecule has 2 aromatic heterocycles. The number of pyridine rings is 1. The fourth-order valence-electron chi connectivity index (χ4n) is 1.40. The molecule has 0 saturated heterocycles. The average Bonchev–Trinajstić information content (AvgIpc) is 2.16. The number of aromatic amines is 2. The zero-order chi connectivity index (χ0) is 11.0. The third-order valence-corrected chi connectivity index (χ3v) is 2.23. The Bertz CT molecular complexity index is 609. The summed E-state index contributed by atoms with van der Waals surface area (Å²) in [4.78, 5) is 20.8. The largest absolute Gasteiger partial charge is 0.310 e. The molecular weight excluding hydrogens is 192 g/mol. The molecule has 0 bridgehead atoms. The van der Waals surface area contributed by atoms with Crippen LogP contribution >= 0.6 is 0 Å². The summed E-state index contributed by atoms with van der Waals surface area (Å²) >= 11 is 0. The summed E-state index contributed by atoms with van der Waals surface area (Å²) in [6.45, 7) is 4.06. The molecule has 0 radical (unpaired) electrons. The summed E-state index contributed by atoms with van der Waals surface area (Å²) in [7, 11) is 0. The molecule has 0 amide bonds. The topological polar surface area (TPSA) is 85.4 Å². The fourth-order valence-corrected chi connectivity index (χ4v) is 1.40. The van der Waals surface area contributed by atoms with E-state index in [1.54, 1.807) is 6.07 Å². The Balaban J connectivity index is 2.82. The van der Waals surface area contributed by atoms with Gasteiger partial charge in [-0.3, -0.25) is 15.2 Å². The molecule has 0 saturated carbocycles. The molecule has 0 aromatic carbocycles. The lowest BCUT2D eigenvalue weighted by Gasteiger charge is -2.04. The van der Waals surface area contributed by atoms with Gasteiger partial charge in [-0.05, 0) is 18.1 Å². The monoisotopic (exact) mass is 204 g/mol. The van der Waals surface area contributed by atoms with E-state index < -0.39 is 0 Å². The molecule has 0 aliphatic carbocycles. The second-order valence-corrected chi connectivity index (χ2v) is 3.74. The molecule has 3 N–H and O–H groups in total. The molecule has 2 rings (SSSR count). The van der Waals surface area contributed by atoms with Gasteiger partial charge >= 0.3 is 0 Å². The first-order valence-corrected chi connectivity index (χ1v) is 4.76. The van der Waals surface area contributed by atoms with Gasteiger partial charge in [0.15, 0.2) is 0 Å². The molecule has 78 valence electrons. The summed E-state index contributed by atoms with van der Waals surface area (Å²) in [5, 5.41) is 7.83. The fraction of sp³-hybridized carbons (Fsp3) is 0.300. The van der Waals surface area contributed by atoms with Crippen LogP contribution in [0.4, 0.5) is 0 Å². The van der Waals surface area contributed by atoms with Crippen molar-refractivity contribution in [3.8, 4) is 0 Å². The van der Waals surface area contributed by atoms with Gasteiger partial charge in [0.05, 0.1) is 5.39 Å². The first-order chi connectivity index (χ1) is 7.08. The van der Waals surface area contributed by atoms with Gasteiger partial charge in [-0.2, -0.15) is 0 Å². The predicted molar refractivity (Wildman–Crippen MR) is 56.7 cm³/mol. The van der Waals surface area contributed by atoms with Gasteiger partial charge in [-0.25, -0.2) is 4.98 Å². The van der Waals surface area contributed by atoms with Gasteiger partial charge < -0.3 is 4.98 Å². The number of hydrogen-bond acceptors (Lipinski definition) is 3. The van der Waals surface area contributed by atoms with E-state index in [1.807, 2.05) is 19.9 Å². The molecule has 2 aromatic rings. The van der Waals surface area contributed by atoms with Crippen LogP contribution in [0.3, 0.4) is 0 Å². The lowest BCUT2D eigenvalue weighted by Crippen LogP contribution is -2.22. The maximum atomic E-state index is 11.4. The Labute approximate surface area is 85.7 Å². The molecule has 0 aliphatic heterocycles. The van der Waals surface area contributed by atoms with Crippen LogP contribution in [0, 0.1) is 5.41 Å². The third-order valence-electron chi connectivity index (χ3n) is 2.23. The summed E-state index contributed by atoms with van der Waals surface area (Å²) in [5.41, 5.74) is 1.07. The van der Waals surface area contributed by atoms with E-state index >= 15 is 0 Å². The Morgan fingerprint density at radius 3 is 2.73 bits per heavy atom. The maximum Gasteiger partial charge on any atom is 0.261 e. The number of nitrogens with one attached hydrogen (secondary N) is 3. The molecule has 5 heteroatoms. The predicted octanol–water partition coefficient (Wildman–Crippen LogP) is 0.854. The van der Waals surface area contributed by atoms with Gasteiger partial charge in [-0.15, -0.1) is 0 Å². The molecular formula is C10H12N4O. The minimum Gasteiger partial charge on any atom is -0.310 e. The van der Waals surface area contributed by atoms with Crippen LogP contribution < -0.4 is 11.2 Å². The normalized spacial score (nSPS) is 11.1. The minimum absolute atomic E-state index is 0.0269. The van der Waals surface area contributed by atoms with E-state index in [1.165, 1.54) is 0 Å². The third kappa shape index (κ3) is 1.68. The number of rotatable bonds is 1. The average molecular weight is 204 g/mol. The van der Waals surface area contributed by atoms with E-state index in [0.717, 1.165) is 5.69 Å². The summed E-state index contributed by atoms with van der Waals surface area (Å²) < 4.78 is 0. The SMILES string of the molecule is CC(C)c1ccc2c(=O)[nH]c(=N)[nH]c2n1. The number of hydrogen-bond donors (Lipinski definition) is 3. The van der Waals surface area contributed by atoms with E-state index in [9.17, 15) is 4.79 Å². The first-order valence-electron chi connectivity index (χ1n) is 4.76. The quantitative estimate of drug-likeness (QED) is 0.643. The maximum absolute atomic E-state index is 11.4. The highest BCUT2D eigenvalue weighted by atomic mass is 16.1. The lowest BCUT2D eigenvalue weighted by molar-refractivity contribution is 0.824. The molecule has 0 fully saturated rings. The molecule has 2 heterocycles. The van der Waals surface area contributed by atoms with Crippen molar-refractivity contribution in [1.82, 2.24) is 15.0 Å². The van der Waals surface area contributed by atoms with E-state index in [0.29, 0.717) is 17.0 Å². The number of nitrogens with zero attached hydrogens (tertiary/aromatic N) is 1. The number of H-pyrrole nitrogens is 2. The Kier molecular flexibility index (Phi) is 2.15. The molecule has 5 nitrogen and oxygen atoms in total. The van der Waals surface area contributed by atoms with Gasteiger partial charge in [0.1, 0.15) is 5.65 Å². The van der Waals surface area contributed by atoms with Crippen molar-refractivity contribution >= 4 is 11.0 Å².